The predicted octanol–water partition coefficient (Wildman–Crippen LogP) is 2.37. The van der Waals surface area contributed by atoms with Gasteiger partial charge < -0.3 is 0 Å². The Kier molecular flexibility index (Phi) is 2.72. The summed E-state index contributed by atoms with van der Waals surface area (Å²) in [6, 6.07) is 0. The van der Waals surface area contributed by atoms with E-state index < -0.39 is 0 Å². The minimum atomic E-state index is 0.117. The van der Waals surface area contributed by atoms with E-state index in [9.17, 15) is 4.79 Å². The third kappa shape index (κ3) is 1.72. The van der Waals surface area contributed by atoms with Crippen molar-refractivity contribution >= 4 is 17.4 Å². The number of rotatable bonds is 1. The van der Waals surface area contributed by atoms with Gasteiger partial charge in [0.1, 0.15) is 5.78 Å². The van der Waals surface area contributed by atoms with Gasteiger partial charge in [0.25, 0.3) is 0 Å². The first kappa shape index (κ1) is 8.06. The van der Waals surface area contributed by atoms with E-state index in [1.807, 2.05) is 0 Å². The molecule has 2 heteroatoms. The second-order valence-corrected chi connectivity index (χ2v) is 3.58. The Morgan fingerprint density at radius 3 is 2.40 bits per heavy atom. The van der Waals surface area contributed by atoms with Gasteiger partial charge in [-0.1, -0.05) is 12.8 Å². The average molecular weight is 161 g/mol. The highest BCUT2D eigenvalue weighted by atomic mass is 35.5. The average Bonchev–Trinajstić information content (AvgIpc) is 1.88. The van der Waals surface area contributed by atoms with E-state index in [1.54, 1.807) is 6.92 Å². The van der Waals surface area contributed by atoms with Crippen molar-refractivity contribution < 1.29 is 4.79 Å². The normalized spacial score (nSPS) is 33.8. The van der Waals surface area contributed by atoms with E-state index in [4.69, 9.17) is 11.6 Å². The van der Waals surface area contributed by atoms with Crippen LogP contribution < -0.4 is 0 Å². The summed E-state index contributed by atoms with van der Waals surface area (Å²) in [4.78, 5) is 10.9. The minimum absolute atomic E-state index is 0.117. The van der Waals surface area contributed by atoms with E-state index >= 15 is 0 Å². The van der Waals surface area contributed by atoms with Gasteiger partial charge in [0.2, 0.25) is 0 Å². The molecule has 0 aromatic rings. The van der Waals surface area contributed by atoms with Crippen molar-refractivity contribution in [2.24, 2.45) is 5.92 Å². The van der Waals surface area contributed by atoms with Gasteiger partial charge in [-0.15, -0.1) is 11.6 Å². The summed E-state index contributed by atoms with van der Waals surface area (Å²) in [5.74, 6) is 0.412. The van der Waals surface area contributed by atoms with E-state index in [2.05, 4.69) is 0 Å². The zero-order chi connectivity index (χ0) is 7.56. The number of Topliss-reactive ketones (excluding diaryl/α,β-unsaturated/α-hetero) is 1. The van der Waals surface area contributed by atoms with Crippen LogP contribution in [0.4, 0.5) is 0 Å². The SMILES string of the molecule is CC(=O)C1CCCCC1Cl. The van der Waals surface area contributed by atoms with E-state index in [0.29, 0.717) is 0 Å². The third-order valence-corrected chi connectivity index (χ3v) is 2.73. The summed E-state index contributed by atoms with van der Waals surface area (Å²) in [6.45, 7) is 1.64. The Balaban J connectivity index is 2.47. The van der Waals surface area contributed by atoms with E-state index in [1.165, 1.54) is 12.8 Å². The molecule has 1 saturated carbocycles. The first-order valence-corrected chi connectivity index (χ1v) is 4.30. The molecule has 1 aliphatic rings. The Morgan fingerprint density at radius 1 is 1.40 bits per heavy atom. The molecule has 0 aromatic carbocycles. The first-order valence-electron chi connectivity index (χ1n) is 3.86. The fourth-order valence-electron chi connectivity index (χ4n) is 1.54. The number of carbonyl (C=O) groups is 1. The Labute approximate surface area is 66.8 Å². The topological polar surface area (TPSA) is 17.1 Å². The second-order valence-electron chi connectivity index (χ2n) is 3.02. The molecule has 1 rings (SSSR count). The van der Waals surface area contributed by atoms with Crippen molar-refractivity contribution in [2.45, 2.75) is 38.0 Å². The Morgan fingerprint density at radius 2 is 2.00 bits per heavy atom. The van der Waals surface area contributed by atoms with Gasteiger partial charge in [0.15, 0.2) is 0 Å². The molecule has 0 bridgehead atoms. The Bertz CT molecular complexity index is 133. The van der Waals surface area contributed by atoms with Crippen LogP contribution >= 0.6 is 11.6 Å². The zero-order valence-electron chi connectivity index (χ0n) is 6.27. The smallest absolute Gasteiger partial charge is 0.134 e. The molecule has 0 radical (unpaired) electrons. The van der Waals surface area contributed by atoms with Gasteiger partial charge >= 0.3 is 0 Å². The molecular formula is C8H13ClO. The van der Waals surface area contributed by atoms with Crippen LogP contribution in [0.1, 0.15) is 32.6 Å². The minimum Gasteiger partial charge on any atom is -0.300 e. The molecule has 0 saturated heterocycles. The van der Waals surface area contributed by atoms with Crippen LogP contribution in [0.2, 0.25) is 0 Å². The number of ketones is 1. The summed E-state index contributed by atoms with van der Waals surface area (Å²) < 4.78 is 0. The van der Waals surface area contributed by atoms with Crippen LogP contribution in [0.15, 0.2) is 0 Å². The number of carbonyl (C=O) groups excluding carboxylic acids is 1. The van der Waals surface area contributed by atoms with Gasteiger partial charge in [0, 0.05) is 11.3 Å². The van der Waals surface area contributed by atoms with Crippen LogP contribution in [0.25, 0.3) is 0 Å². The maximum absolute atomic E-state index is 10.9. The predicted molar refractivity (Wildman–Crippen MR) is 42.3 cm³/mol. The van der Waals surface area contributed by atoms with Gasteiger partial charge in [-0.2, -0.15) is 0 Å². The summed E-state index contributed by atoms with van der Waals surface area (Å²) in [5.41, 5.74) is 0. The van der Waals surface area contributed by atoms with E-state index in [0.717, 1.165) is 12.8 Å². The monoisotopic (exact) mass is 160 g/mol. The molecule has 1 nitrogen and oxygen atoms in total. The largest absolute Gasteiger partial charge is 0.300 e. The highest BCUT2D eigenvalue weighted by Crippen LogP contribution is 2.28. The van der Waals surface area contributed by atoms with Crippen LogP contribution in [0, 0.1) is 5.92 Å². The molecule has 0 heterocycles. The third-order valence-electron chi connectivity index (χ3n) is 2.20. The second kappa shape index (κ2) is 3.38. The Hall–Kier alpha value is -0.0400. The molecule has 1 aliphatic carbocycles. The summed E-state index contributed by atoms with van der Waals surface area (Å²) in [6.07, 6.45) is 4.39. The quantitative estimate of drug-likeness (QED) is 0.539. The van der Waals surface area contributed by atoms with Crippen molar-refractivity contribution in [3.05, 3.63) is 0 Å². The molecule has 58 valence electrons. The lowest BCUT2D eigenvalue weighted by Gasteiger charge is -2.24. The lowest BCUT2D eigenvalue weighted by molar-refractivity contribution is -0.121. The van der Waals surface area contributed by atoms with Crippen molar-refractivity contribution in [2.75, 3.05) is 0 Å². The van der Waals surface area contributed by atoms with Crippen LogP contribution in [-0.4, -0.2) is 11.2 Å². The standard InChI is InChI=1S/C8H13ClO/c1-6(10)7-4-2-3-5-8(7)9/h7-8H,2-5H2,1H3. The summed E-state index contributed by atoms with van der Waals surface area (Å²) >= 11 is 5.96. The zero-order valence-corrected chi connectivity index (χ0v) is 7.03. The van der Waals surface area contributed by atoms with Gasteiger partial charge in [-0.05, 0) is 19.8 Å². The highest BCUT2D eigenvalue weighted by Gasteiger charge is 2.26. The molecule has 0 spiro atoms. The molecule has 2 atom stereocenters. The number of halogens is 1. The van der Waals surface area contributed by atoms with Crippen molar-refractivity contribution in [3.8, 4) is 0 Å². The van der Waals surface area contributed by atoms with Crippen molar-refractivity contribution in [1.82, 2.24) is 0 Å². The van der Waals surface area contributed by atoms with Crippen molar-refractivity contribution in [3.63, 3.8) is 0 Å². The van der Waals surface area contributed by atoms with Crippen LogP contribution in [-0.2, 0) is 4.79 Å². The highest BCUT2D eigenvalue weighted by molar-refractivity contribution is 6.22. The van der Waals surface area contributed by atoms with Gasteiger partial charge in [0.05, 0.1) is 0 Å². The first-order chi connectivity index (χ1) is 4.72. The maximum atomic E-state index is 10.9. The molecule has 2 unspecified atom stereocenters. The molecule has 0 amide bonds. The van der Waals surface area contributed by atoms with Crippen LogP contribution in [0.3, 0.4) is 0 Å². The lowest BCUT2D eigenvalue weighted by atomic mass is 9.86. The van der Waals surface area contributed by atoms with Gasteiger partial charge in [-0.3, -0.25) is 4.79 Å². The molecule has 10 heavy (non-hydrogen) atoms. The molecule has 0 aromatic heterocycles. The number of hydrogen-bond acceptors (Lipinski definition) is 1. The number of hydrogen-bond donors (Lipinski definition) is 0. The molecule has 0 N–H and O–H groups in total. The fraction of sp³-hybridized carbons (Fsp3) is 0.875. The molecular weight excluding hydrogens is 148 g/mol. The summed E-state index contributed by atoms with van der Waals surface area (Å²) in [5, 5.41) is 0.117. The maximum Gasteiger partial charge on any atom is 0.134 e. The summed E-state index contributed by atoms with van der Waals surface area (Å²) in [7, 11) is 0. The van der Waals surface area contributed by atoms with E-state index in [-0.39, 0.29) is 17.1 Å². The van der Waals surface area contributed by atoms with Crippen LogP contribution in [0.5, 0.6) is 0 Å². The number of alkyl halides is 1. The molecule has 0 aliphatic heterocycles. The fourth-order valence-corrected chi connectivity index (χ4v) is 2.00. The molecule has 1 fully saturated rings. The lowest BCUT2D eigenvalue weighted by Crippen LogP contribution is -2.25. The van der Waals surface area contributed by atoms with Gasteiger partial charge in [-0.25, -0.2) is 0 Å². The van der Waals surface area contributed by atoms with Crippen molar-refractivity contribution in [1.29, 1.82) is 0 Å².